The van der Waals surface area contributed by atoms with Crippen molar-refractivity contribution in [2.24, 2.45) is 0 Å². The van der Waals surface area contributed by atoms with Gasteiger partial charge in [-0.05, 0) is 43.3 Å². The largest absolute Gasteiger partial charge is 0.493 e. The molecule has 4 rings (SSSR count). The maximum absolute atomic E-state index is 13.2. The van der Waals surface area contributed by atoms with Crippen LogP contribution in [-0.4, -0.2) is 29.1 Å². The molecule has 0 spiro atoms. The first-order chi connectivity index (χ1) is 13.6. The first-order valence-electron chi connectivity index (χ1n) is 9.31. The van der Waals surface area contributed by atoms with E-state index >= 15 is 0 Å². The van der Waals surface area contributed by atoms with Crippen molar-refractivity contribution in [3.05, 3.63) is 71.2 Å². The van der Waals surface area contributed by atoms with Crippen molar-refractivity contribution < 1.29 is 18.4 Å². The van der Waals surface area contributed by atoms with Crippen LogP contribution in [0.4, 0.5) is 4.39 Å². The molecule has 1 amide bonds. The molecular weight excluding hydrogens is 359 g/mol. The number of carbonyl (C=O) groups is 1. The van der Waals surface area contributed by atoms with Crippen LogP contribution >= 0.6 is 0 Å². The van der Waals surface area contributed by atoms with Gasteiger partial charge in [0.1, 0.15) is 11.6 Å². The molecule has 0 aliphatic carbocycles. The molecule has 28 heavy (non-hydrogen) atoms. The topological polar surface area (TPSA) is 55.6 Å². The van der Waals surface area contributed by atoms with Gasteiger partial charge in [0.2, 0.25) is 5.91 Å². The van der Waals surface area contributed by atoms with E-state index in [0.29, 0.717) is 38.3 Å². The van der Waals surface area contributed by atoms with E-state index in [2.05, 4.69) is 5.16 Å². The summed E-state index contributed by atoms with van der Waals surface area (Å²) in [7, 11) is 0. The molecule has 0 atom stereocenters. The standard InChI is InChI=1S/C22H21FN2O3/c1-15-2-8-18(9-3-15)27-13-11-21(26)25-12-10-20-19(14-25)22(28-24-20)16-4-6-17(23)7-5-16/h2-9H,10-14H2,1H3. The van der Waals surface area contributed by atoms with Crippen LogP contribution in [0.1, 0.15) is 23.2 Å². The third kappa shape index (κ3) is 3.91. The molecule has 6 heteroatoms. The molecule has 1 aliphatic rings. The Morgan fingerprint density at radius 2 is 1.93 bits per heavy atom. The average Bonchev–Trinajstić information content (AvgIpc) is 3.13. The fraction of sp³-hybridized carbons (Fsp3) is 0.273. The smallest absolute Gasteiger partial charge is 0.226 e. The van der Waals surface area contributed by atoms with E-state index < -0.39 is 0 Å². The van der Waals surface area contributed by atoms with Crippen molar-refractivity contribution in [3.8, 4) is 17.1 Å². The first kappa shape index (κ1) is 18.2. The van der Waals surface area contributed by atoms with Crippen LogP contribution in [-0.2, 0) is 17.8 Å². The molecule has 0 N–H and O–H groups in total. The van der Waals surface area contributed by atoms with Crippen molar-refractivity contribution in [1.29, 1.82) is 0 Å². The second kappa shape index (κ2) is 7.84. The fourth-order valence-electron chi connectivity index (χ4n) is 3.30. The van der Waals surface area contributed by atoms with Gasteiger partial charge in [-0.1, -0.05) is 22.9 Å². The van der Waals surface area contributed by atoms with Crippen LogP contribution in [0.5, 0.6) is 5.75 Å². The molecule has 0 unspecified atom stereocenters. The number of carbonyl (C=O) groups excluding carboxylic acids is 1. The van der Waals surface area contributed by atoms with Gasteiger partial charge in [0, 0.05) is 24.1 Å². The van der Waals surface area contributed by atoms with Crippen LogP contribution in [0, 0.1) is 12.7 Å². The number of hydrogen-bond donors (Lipinski definition) is 0. The van der Waals surface area contributed by atoms with Gasteiger partial charge in [0.15, 0.2) is 5.76 Å². The van der Waals surface area contributed by atoms with Gasteiger partial charge in [-0.3, -0.25) is 4.79 Å². The minimum Gasteiger partial charge on any atom is -0.493 e. The summed E-state index contributed by atoms with van der Waals surface area (Å²) in [6.07, 6.45) is 0.949. The van der Waals surface area contributed by atoms with Gasteiger partial charge in [0.25, 0.3) is 0 Å². The molecule has 1 aliphatic heterocycles. The number of nitrogens with zero attached hydrogens (tertiary/aromatic N) is 2. The number of ether oxygens (including phenoxy) is 1. The minimum absolute atomic E-state index is 0.0315. The molecule has 0 bridgehead atoms. The highest BCUT2D eigenvalue weighted by Crippen LogP contribution is 2.30. The van der Waals surface area contributed by atoms with E-state index in [1.54, 1.807) is 17.0 Å². The molecule has 0 radical (unpaired) electrons. The second-order valence-electron chi connectivity index (χ2n) is 6.92. The molecule has 1 aromatic heterocycles. The summed E-state index contributed by atoms with van der Waals surface area (Å²) < 4.78 is 24.3. The Bertz CT molecular complexity index is 964. The van der Waals surface area contributed by atoms with Gasteiger partial charge in [-0.15, -0.1) is 0 Å². The Morgan fingerprint density at radius 1 is 1.18 bits per heavy atom. The number of hydrogen-bond acceptors (Lipinski definition) is 4. The molecule has 0 fully saturated rings. The summed E-state index contributed by atoms with van der Waals surface area (Å²) in [5.74, 6) is 1.09. The lowest BCUT2D eigenvalue weighted by molar-refractivity contribution is -0.132. The lowest BCUT2D eigenvalue weighted by Crippen LogP contribution is -2.36. The number of halogens is 1. The van der Waals surface area contributed by atoms with E-state index in [-0.39, 0.29) is 11.7 Å². The van der Waals surface area contributed by atoms with Crippen molar-refractivity contribution in [3.63, 3.8) is 0 Å². The number of fused-ring (bicyclic) bond motifs is 1. The molecular formula is C22H21FN2O3. The number of benzene rings is 2. The number of amides is 1. The van der Waals surface area contributed by atoms with E-state index in [1.807, 2.05) is 31.2 Å². The predicted molar refractivity (Wildman–Crippen MR) is 102 cm³/mol. The highest BCUT2D eigenvalue weighted by Gasteiger charge is 2.27. The third-order valence-corrected chi connectivity index (χ3v) is 4.90. The zero-order chi connectivity index (χ0) is 19.5. The molecule has 144 valence electrons. The number of aryl methyl sites for hydroxylation is 1. The monoisotopic (exact) mass is 380 g/mol. The zero-order valence-electron chi connectivity index (χ0n) is 15.7. The van der Waals surface area contributed by atoms with E-state index in [1.165, 1.54) is 17.7 Å². The molecule has 3 aromatic rings. The maximum atomic E-state index is 13.2. The summed E-state index contributed by atoms with van der Waals surface area (Å²) in [5.41, 5.74) is 3.68. The van der Waals surface area contributed by atoms with Crippen LogP contribution in [0.25, 0.3) is 11.3 Å². The molecule has 5 nitrogen and oxygen atoms in total. The second-order valence-corrected chi connectivity index (χ2v) is 6.92. The predicted octanol–water partition coefficient (Wildman–Crippen LogP) is 4.14. The Kier molecular flexibility index (Phi) is 5.10. The average molecular weight is 380 g/mol. The highest BCUT2D eigenvalue weighted by atomic mass is 19.1. The van der Waals surface area contributed by atoms with Crippen LogP contribution < -0.4 is 4.74 Å². The summed E-state index contributed by atoms with van der Waals surface area (Å²) in [5, 5.41) is 4.13. The van der Waals surface area contributed by atoms with E-state index in [4.69, 9.17) is 9.26 Å². The molecule has 2 heterocycles. The zero-order valence-corrected chi connectivity index (χ0v) is 15.7. The Labute approximate surface area is 162 Å². The summed E-state index contributed by atoms with van der Waals surface area (Å²) in [6.45, 7) is 3.39. The summed E-state index contributed by atoms with van der Waals surface area (Å²) in [6, 6.07) is 13.9. The van der Waals surface area contributed by atoms with E-state index in [9.17, 15) is 9.18 Å². The molecule has 0 saturated carbocycles. The Hall–Kier alpha value is -3.15. The summed E-state index contributed by atoms with van der Waals surface area (Å²) >= 11 is 0. The first-order valence-corrected chi connectivity index (χ1v) is 9.31. The number of rotatable bonds is 5. The van der Waals surface area contributed by atoms with Gasteiger partial charge in [-0.2, -0.15) is 0 Å². The SMILES string of the molecule is Cc1ccc(OCCC(=O)N2CCc3noc(-c4ccc(F)cc4)c3C2)cc1. The normalized spacial score (nSPS) is 13.3. The lowest BCUT2D eigenvalue weighted by atomic mass is 10.0. The van der Waals surface area contributed by atoms with Crippen molar-refractivity contribution in [2.75, 3.05) is 13.2 Å². The van der Waals surface area contributed by atoms with Crippen LogP contribution in [0.15, 0.2) is 53.1 Å². The molecule has 0 saturated heterocycles. The third-order valence-electron chi connectivity index (χ3n) is 4.90. The molecule has 2 aromatic carbocycles. The minimum atomic E-state index is -0.303. The Balaban J connectivity index is 1.39. The fourth-order valence-corrected chi connectivity index (χ4v) is 3.30. The van der Waals surface area contributed by atoms with Crippen LogP contribution in [0.2, 0.25) is 0 Å². The van der Waals surface area contributed by atoms with Crippen LogP contribution in [0.3, 0.4) is 0 Å². The van der Waals surface area contributed by atoms with Crippen molar-refractivity contribution in [1.82, 2.24) is 10.1 Å². The maximum Gasteiger partial charge on any atom is 0.226 e. The summed E-state index contributed by atoms with van der Waals surface area (Å²) in [4.78, 5) is 14.4. The lowest BCUT2D eigenvalue weighted by Gasteiger charge is -2.26. The Morgan fingerprint density at radius 3 is 2.68 bits per heavy atom. The van der Waals surface area contributed by atoms with Crippen molar-refractivity contribution >= 4 is 5.91 Å². The van der Waals surface area contributed by atoms with E-state index in [0.717, 1.165) is 22.6 Å². The van der Waals surface area contributed by atoms with Crippen molar-refractivity contribution in [2.45, 2.75) is 26.3 Å². The van der Waals surface area contributed by atoms with Gasteiger partial charge in [0.05, 0.1) is 25.3 Å². The van der Waals surface area contributed by atoms with Gasteiger partial charge in [-0.25, -0.2) is 4.39 Å². The van der Waals surface area contributed by atoms with Gasteiger partial charge < -0.3 is 14.2 Å². The quantitative estimate of drug-likeness (QED) is 0.667. The van der Waals surface area contributed by atoms with Gasteiger partial charge >= 0.3 is 0 Å². The highest BCUT2D eigenvalue weighted by molar-refractivity contribution is 5.77. The number of aromatic nitrogens is 1.